The fourth-order valence-corrected chi connectivity index (χ4v) is 4.52. The summed E-state index contributed by atoms with van der Waals surface area (Å²) < 4.78 is 0. The van der Waals surface area contributed by atoms with Gasteiger partial charge in [0.05, 0.1) is 0 Å². The van der Waals surface area contributed by atoms with Gasteiger partial charge in [-0.15, -0.1) is 23.6 Å². The first-order chi connectivity index (χ1) is 13.3. The summed E-state index contributed by atoms with van der Waals surface area (Å²) in [5.41, 5.74) is 5.92. The predicted molar refractivity (Wildman–Crippen MR) is 128 cm³/mol. The summed E-state index contributed by atoms with van der Waals surface area (Å²) in [5.74, 6) is 0.527. The van der Waals surface area contributed by atoms with Crippen molar-refractivity contribution in [3.63, 3.8) is 0 Å². The molecule has 2 aromatic carbocycles. The van der Waals surface area contributed by atoms with Crippen molar-refractivity contribution < 1.29 is 0 Å². The fourth-order valence-electron chi connectivity index (χ4n) is 4.52. The van der Waals surface area contributed by atoms with Crippen LogP contribution >= 0.6 is 17.0 Å². The van der Waals surface area contributed by atoms with Gasteiger partial charge in [-0.05, 0) is 61.0 Å². The van der Waals surface area contributed by atoms with Gasteiger partial charge >= 0.3 is 0 Å². The number of aryl methyl sites for hydroxylation is 1. The number of nitrogens with zero attached hydrogens (tertiary/aromatic N) is 1. The highest BCUT2D eigenvalue weighted by atomic mass is 79.9. The minimum atomic E-state index is 0. The average molecular weight is 440 g/mol. The summed E-state index contributed by atoms with van der Waals surface area (Å²) in [7, 11) is 0. The second kappa shape index (κ2) is 11.4. The van der Waals surface area contributed by atoms with Crippen LogP contribution in [0, 0.1) is 0 Å². The number of allylic oxidation sites excluding steroid dienone is 2. The molecule has 1 aliphatic rings. The third kappa shape index (κ3) is 5.24. The first-order valence-corrected chi connectivity index (χ1v) is 10.5. The molecule has 1 nitrogen and oxygen atoms in total. The zero-order valence-corrected chi connectivity index (χ0v) is 19.0. The van der Waals surface area contributed by atoms with Crippen LogP contribution in [0.3, 0.4) is 0 Å². The molecule has 0 radical (unpaired) electrons. The molecule has 150 valence electrons. The molecule has 0 amide bonds. The van der Waals surface area contributed by atoms with Crippen molar-refractivity contribution in [3.05, 3.63) is 90.0 Å². The minimum Gasteiger partial charge on any atom is -0.297 e. The molecule has 0 spiro atoms. The molecular weight excluding hydrogens is 406 g/mol. The first-order valence-electron chi connectivity index (χ1n) is 10.5. The van der Waals surface area contributed by atoms with Crippen molar-refractivity contribution in [3.8, 4) is 0 Å². The van der Waals surface area contributed by atoms with Gasteiger partial charge in [-0.25, -0.2) is 0 Å². The molecule has 3 rings (SSSR count). The van der Waals surface area contributed by atoms with Crippen LogP contribution in [0.15, 0.2) is 73.3 Å². The van der Waals surface area contributed by atoms with E-state index in [9.17, 15) is 0 Å². The largest absolute Gasteiger partial charge is 0.297 e. The van der Waals surface area contributed by atoms with Gasteiger partial charge in [0.2, 0.25) is 0 Å². The molecule has 28 heavy (non-hydrogen) atoms. The molecule has 2 atom stereocenters. The number of hydrogen-bond donors (Lipinski definition) is 0. The highest BCUT2D eigenvalue weighted by Gasteiger charge is 2.26. The predicted octanol–water partition coefficient (Wildman–Crippen LogP) is 7.05. The standard InChI is InChI=1S/C26H33N.BrH/c1-4-23(27(5-2)6-3)16-12-18-25(21-13-8-7-9-14-21)26-20-19-22-15-10-11-17-24(22)26;/h4,7-11,13-15,17-18,23,26H,1,5-6,12,16,19-20H2,2-3H3;1H. The van der Waals surface area contributed by atoms with Crippen molar-refractivity contribution in [2.24, 2.45) is 0 Å². The Morgan fingerprint density at radius 3 is 2.43 bits per heavy atom. The lowest BCUT2D eigenvalue weighted by molar-refractivity contribution is 0.245. The van der Waals surface area contributed by atoms with Crippen LogP contribution in [0.25, 0.3) is 5.57 Å². The molecule has 2 aromatic rings. The van der Waals surface area contributed by atoms with Crippen LogP contribution in [-0.4, -0.2) is 24.0 Å². The van der Waals surface area contributed by atoms with E-state index in [0.29, 0.717) is 12.0 Å². The van der Waals surface area contributed by atoms with E-state index in [1.54, 1.807) is 0 Å². The maximum absolute atomic E-state index is 4.08. The Labute approximate surface area is 181 Å². The van der Waals surface area contributed by atoms with Crippen LogP contribution in [0.4, 0.5) is 0 Å². The maximum atomic E-state index is 4.08. The van der Waals surface area contributed by atoms with Crippen LogP contribution in [-0.2, 0) is 6.42 Å². The smallest absolute Gasteiger partial charge is 0.0278 e. The molecule has 0 aliphatic heterocycles. The molecule has 0 bridgehead atoms. The Morgan fingerprint density at radius 2 is 1.75 bits per heavy atom. The molecule has 0 saturated heterocycles. The molecular formula is C26H34BrN. The zero-order valence-electron chi connectivity index (χ0n) is 17.3. The Morgan fingerprint density at radius 1 is 1.07 bits per heavy atom. The van der Waals surface area contributed by atoms with Gasteiger partial charge in [-0.1, -0.05) is 80.6 Å². The van der Waals surface area contributed by atoms with E-state index in [1.807, 2.05) is 0 Å². The molecule has 0 saturated carbocycles. The van der Waals surface area contributed by atoms with Crippen molar-refractivity contribution in [1.29, 1.82) is 0 Å². The van der Waals surface area contributed by atoms with Crippen molar-refractivity contribution in [2.75, 3.05) is 13.1 Å². The number of benzene rings is 2. The molecule has 0 fully saturated rings. The van der Waals surface area contributed by atoms with E-state index in [0.717, 1.165) is 25.9 Å². The maximum Gasteiger partial charge on any atom is 0.0278 e. The highest BCUT2D eigenvalue weighted by molar-refractivity contribution is 8.93. The lowest BCUT2D eigenvalue weighted by Crippen LogP contribution is -2.33. The lowest BCUT2D eigenvalue weighted by Gasteiger charge is -2.27. The number of fused-ring (bicyclic) bond motifs is 1. The van der Waals surface area contributed by atoms with E-state index in [2.05, 4.69) is 92.1 Å². The van der Waals surface area contributed by atoms with E-state index in [-0.39, 0.29) is 17.0 Å². The molecule has 1 aliphatic carbocycles. The third-order valence-corrected chi connectivity index (χ3v) is 6.00. The van der Waals surface area contributed by atoms with Crippen LogP contribution in [0.2, 0.25) is 0 Å². The second-order valence-corrected chi connectivity index (χ2v) is 7.42. The number of likely N-dealkylation sites (N-methyl/N-ethyl adjacent to an activating group) is 1. The van der Waals surface area contributed by atoms with Crippen molar-refractivity contribution >= 4 is 22.6 Å². The Hall–Kier alpha value is -1.64. The Kier molecular flexibility index (Phi) is 9.21. The fraction of sp³-hybridized carbons (Fsp3) is 0.385. The van der Waals surface area contributed by atoms with Gasteiger partial charge in [-0.2, -0.15) is 0 Å². The quantitative estimate of drug-likeness (QED) is 0.378. The van der Waals surface area contributed by atoms with Crippen molar-refractivity contribution in [2.45, 2.75) is 51.5 Å². The number of hydrogen-bond acceptors (Lipinski definition) is 1. The van der Waals surface area contributed by atoms with Crippen LogP contribution in [0.1, 0.15) is 55.7 Å². The van der Waals surface area contributed by atoms with Gasteiger partial charge in [0.25, 0.3) is 0 Å². The first kappa shape index (κ1) is 22.6. The van der Waals surface area contributed by atoms with Gasteiger partial charge in [-0.3, -0.25) is 4.90 Å². The summed E-state index contributed by atoms with van der Waals surface area (Å²) in [6.45, 7) is 10.7. The summed E-state index contributed by atoms with van der Waals surface area (Å²) in [6, 6.07) is 20.4. The third-order valence-electron chi connectivity index (χ3n) is 6.00. The summed E-state index contributed by atoms with van der Waals surface area (Å²) in [4.78, 5) is 2.49. The van der Waals surface area contributed by atoms with Gasteiger partial charge < -0.3 is 0 Å². The Bertz CT molecular complexity index is 761. The van der Waals surface area contributed by atoms with Gasteiger partial charge in [0.15, 0.2) is 0 Å². The van der Waals surface area contributed by atoms with Crippen molar-refractivity contribution in [1.82, 2.24) is 4.90 Å². The van der Waals surface area contributed by atoms with E-state index < -0.39 is 0 Å². The normalized spacial score (nSPS) is 17.1. The SMILES string of the molecule is Br.C=CC(CCC=C(c1ccccc1)C1CCc2ccccc21)N(CC)CC. The molecule has 0 aromatic heterocycles. The van der Waals surface area contributed by atoms with E-state index in [4.69, 9.17) is 0 Å². The number of rotatable bonds is 9. The summed E-state index contributed by atoms with van der Waals surface area (Å²) in [6.07, 6.45) is 9.27. The van der Waals surface area contributed by atoms with E-state index in [1.165, 1.54) is 35.1 Å². The zero-order chi connectivity index (χ0) is 19.1. The van der Waals surface area contributed by atoms with Crippen LogP contribution < -0.4 is 0 Å². The summed E-state index contributed by atoms with van der Waals surface area (Å²) in [5, 5.41) is 0. The molecule has 2 heteroatoms. The Balaban J connectivity index is 0.00000280. The molecule has 0 heterocycles. The number of halogens is 1. The topological polar surface area (TPSA) is 3.24 Å². The average Bonchev–Trinajstić information content (AvgIpc) is 3.15. The van der Waals surface area contributed by atoms with Gasteiger partial charge in [0.1, 0.15) is 0 Å². The molecule has 0 N–H and O–H groups in total. The molecule has 2 unspecified atom stereocenters. The lowest BCUT2D eigenvalue weighted by atomic mass is 9.87. The minimum absolute atomic E-state index is 0. The van der Waals surface area contributed by atoms with E-state index >= 15 is 0 Å². The second-order valence-electron chi connectivity index (χ2n) is 7.42. The summed E-state index contributed by atoms with van der Waals surface area (Å²) >= 11 is 0. The van der Waals surface area contributed by atoms with Crippen LogP contribution in [0.5, 0.6) is 0 Å². The monoisotopic (exact) mass is 439 g/mol. The highest BCUT2D eigenvalue weighted by Crippen LogP contribution is 2.42. The van der Waals surface area contributed by atoms with Gasteiger partial charge in [0, 0.05) is 12.0 Å².